The van der Waals surface area contributed by atoms with Crippen molar-refractivity contribution in [2.75, 3.05) is 13.1 Å². The van der Waals surface area contributed by atoms with Gasteiger partial charge in [-0.05, 0) is 48.9 Å². The zero-order valence-corrected chi connectivity index (χ0v) is 15.0. The second-order valence-electron chi connectivity index (χ2n) is 7.35. The van der Waals surface area contributed by atoms with Gasteiger partial charge in [0.2, 0.25) is 0 Å². The first kappa shape index (κ1) is 17.3. The second-order valence-corrected chi connectivity index (χ2v) is 7.35. The first-order chi connectivity index (χ1) is 12.8. The average Bonchev–Trinajstić information content (AvgIpc) is 3.51. The quantitative estimate of drug-likeness (QED) is 0.747. The Bertz CT molecular complexity index is 757. The van der Waals surface area contributed by atoms with Gasteiger partial charge in [0.1, 0.15) is 6.29 Å². The van der Waals surface area contributed by atoms with Gasteiger partial charge in [-0.1, -0.05) is 42.5 Å². The zero-order valence-electron chi connectivity index (χ0n) is 15.0. The molecule has 136 valence electrons. The molecule has 4 rings (SSSR count). The fraction of sp³-hybridized carbons (Fsp3) is 0.409. The molecule has 2 aromatic carbocycles. The predicted octanol–water partition coefficient (Wildman–Crippen LogP) is 3.74. The molecule has 0 amide bonds. The van der Waals surface area contributed by atoms with Crippen molar-refractivity contribution in [1.82, 2.24) is 10.8 Å². The Morgan fingerprint density at radius 3 is 2.88 bits per heavy atom. The van der Waals surface area contributed by atoms with Crippen LogP contribution in [0.3, 0.4) is 0 Å². The van der Waals surface area contributed by atoms with Crippen LogP contribution in [-0.4, -0.2) is 19.4 Å². The molecular weight excluding hydrogens is 324 g/mol. The van der Waals surface area contributed by atoms with Gasteiger partial charge in [0, 0.05) is 30.5 Å². The molecule has 0 bridgehead atoms. The third kappa shape index (κ3) is 3.97. The van der Waals surface area contributed by atoms with Crippen LogP contribution >= 0.6 is 0 Å². The maximum atomic E-state index is 11.2. The van der Waals surface area contributed by atoms with E-state index in [4.69, 9.17) is 4.84 Å². The SMILES string of the molecule is O=CC[C@H](NCC1CC1)c1cccc(C2CCNOc3ccccc32)c1. The minimum atomic E-state index is 0.100. The van der Waals surface area contributed by atoms with E-state index in [1.54, 1.807) is 0 Å². The molecule has 1 aliphatic carbocycles. The highest BCUT2D eigenvalue weighted by atomic mass is 16.6. The van der Waals surface area contributed by atoms with Gasteiger partial charge in [-0.15, -0.1) is 0 Å². The van der Waals surface area contributed by atoms with Crippen LogP contribution in [0.4, 0.5) is 0 Å². The summed E-state index contributed by atoms with van der Waals surface area (Å²) in [7, 11) is 0. The minimum absolute atomic E-state index is 0.100. The fourth-order valence-electron chi connectivity index (χ4n) is 3.75. The molecule has 0 radical (unpaired) electrons. The Balaban J connectivity index is 1.60. The summed E-state index contributed by atoms with van der Waals surface area (Å²) in [4.78, 5) is 16.9. The Kier molecular flexibility index (Phi) is 5.32. The van der Waals surface area contributed by atoms with Crippen LogP contribution < -0.4 is 15.6 Å². The molecule has 2 atom stereocenters. The summed E-state index contributed by atoms with van der Waals surface area (Å²) >= 11 is 0. The lowest BCUT2D eigenvalue weighted by Crippen LogP contribution is -2.24. The molecule has 26 heavy (non-hydrogen) atoms. The summed E-state index contributed by atoms with van der Waals surface area (Å²) in [6, 6.07) is 17.0. The zero-order chi connectivity index (χ0) is 17.8. The highest BCUT2D eigenvalue weighted by Gasteiger charge is 2.24. The monoisotopic (exact) mass is 350 g/mol. The summed E-state index contributed by atoms with van der Waals surface area (Å²) in [5.74, 6) is 1.99. The van der Waals surface area contributed by atoms with Gasteiger partial charge in [0.05, 0.1) is 0 Å². The van der Waals surface area contributed by atoms with E-state index >= 15 is 0 Å². The van der Waals surface area contributed by atoms with Gasteiger partial charge in [-0.3, -0.25) is 0 Å². The Hall–Kier alpha value is -2.17. The van der Waals surface area contributed by atoms with Crippen LogP contribution in [0, 0.1) is 5.92 Å². The van der Waals surface area contributed by atoms with Gasteiger partial charge in [-0.2, -0.15) is 5.48 Å². The second kappa shape index (κ2) is 8.02. The molecule has 0 aromatic heterocycles. The Morgan fingerprint density at radius 2 is 2.04 bits per heavy atom. The molecule has 1 fully saturated rings. The number of carbonyl (C=O) groups excluding carboxylic acids is 1. The maximum absolute atomic E-state index is 11.2. The van der Waals surface area contributed by atoms with Crippen LogP contribution in [0.2, 0.25) is 0 Å². The average molecular weight is 350 g/mol. The number of carbonyl (C=O) groups is 1. The first-order valence-corrected chi connectivity index (χ1v) is 9.60. The normalized spacial score (nSPS) is 20.5. The number of hydrogen-bond acceptors (Lipinski definition) is 4. The van der Waals surface area contributed by atoms with Crippen LogP contribution in [0.5, 0.6) is 5.75 Å². The third-order valence-electron chi connectivity index (χ3n) is 5.41. The van der Waals surface area contributed by atoms with Crippen molar-refractivity contribution in [2.45, 2.75) is 37.6 Å². The lowest BCUT2D eigenvalue weighted by Gasteiger charge is -2.21. The molecule has 1 aliphatic heterocycles. The number of benzene rings is 2. The maximum Gasteiger partial charge on any atom is 0.150 e. The molecule has 1 heterocycles. The van der Waals surface area contributed by atoms with Gasteiger partial charge in [-0.25, -0.2) is 0 Å². The van der Waals surface area contributed by atoms with Gasteiger partial charge in [0.15, 0.2) is 5.75 Å². The molecule has 1 saturated carbocycles. The highest BCUT2D eigenvalue weighted by molar-refractivity contribution is 5.52. The molecule has 2 aliphatic rings. The number of para-hydroxylation sites is 1. The van der Waals surface area contributed by atoms with Crippen molar-refractivity contribution in [3.8, 4) is 5.75 Å². The summed E-state index contributed by atoms with van der Waals surface area (Å²) in [5, 5.41) is 3.59. The van der Waals surface area contributed by atoms with Gasteiger partial charge in [0.25, 0.3) is 0 Å². The topological polar surface area (TPSA) is 50.4 Å². The van der Waals surface area contributed by atoms with Gasteiger partial charge >= 0.3 is 0 Å². The van der Waals surface area contributed by atoms with E-state index in [9.17, 15) is 4.79 Å². The van der Waals surface area contributed by atoms with Gasteiger partial charge < -0.3 is 14.9 Å². The molecule has 0 saturated heterocycles. The fourth-order valence-corrected chi connectivity index (χ4v) is 3.75. The largest absolute Gasteiger partial charge is 0.408 e. The van der Waals surface area contributed by atoms with Crippen molar-refractivity contribution in [1.29, 1.82) is 0 Å². The van der Waals surface area contributed by atoms with Crippen molar-refractivity contribution >= 4 is 6.29 Å². The molecule has 4 nitrogen and oxygen atoms in total. The van der Waals surface area contributed by atoms with Crippen LogP contribution in [0.25, 0.3) is 0 Å². The van der Waals surface area contributed by atoms with Crippen molar-refractivity contribution in [3.63, 3.8) is 0 Å². The van der Waals surface area contributed by atoms with Crippen LogP contribution in [0.15, 0.2) is 48.5 Å². The molecular formula is C22H26N2O2. The summed E-state index contributed by atoms with van der Waals surface area (Å²) in [5.41, 5.74) is 6.74. The number of nitrogens with one attached hydrogen (secondary N) is 2. The Labute approximate surface area is 154 Å². The highest BCUT2D eigenvalue weighted by Crippen LogP contribution is 2.36. The van der Waals surface area contributed by atoms with E-state index in [-0.39, 0.29) is 6.04 Å². The van der Waals surface area contributed by atoms with E-state index < -0.39 is 0 Å². The number of hydrogen-bond donors (Lipinski definition) is 2. The molecule has 2 aromatic rings. The van der Waals surface area contributed by atoms with Crippen molar-refractivity contribution < 1.29 is 9.63 Å². The minimum Gasteiger partial charge on any atom is -0.408 e. The molecule has 1 unspecified atom stereocenters. The Morgan fingerprint density at radius 1 is 1.15 bits per heavy atom. The predicted molar refractivity (Wildman–Crippen MR) is 102 cm³/mol. The summed E-state index contributed by atoms with van der Waals surface area (Å²) in [6.45, 7) is 1.81. The molecule has 0 spiro atoms. The van der Waals surface area contributed by atoms with E-state index in [0.29, 0.717) is 12.3 Å². The number of rotatable bonds is 7. The van der Waals surface area contributed by atoms with E-state index in [1.807, 2.05) is 12.1 Å². The first-order valence-electron chi connectivity index (χ1n) is 9.60. The molecule has 4 heteroatoms. The lowest BCUT2D eigenvalue weighted by atomic mass is 9.86. The smallest absolute Gasteiger partial charge is 0.150 e. The standard InChI is InChI=1S/C22H26N2O2/c25-13-11-21(23-15-16-8-9-16)18-5-3-4-17(14-18)19-10-12-24-26-22-7-2-1-6-20(19)22/h1-7,13-14,16,19,21,23-24H,8-12,15H2/t19?,21-/m0/s1. The van der Waals surface area contributed by atoms with Crippen LogP contribution in [0.1, 0.15) is 54.3 Å². The number of fused-ring (bicyclic) bond motifs is 1. The molecule has 2 N–H and O–H groups in total. The number of aldehydes is 1. The van der Waals surface area contributed by atoms with Crippen molar-refractivity contribution in [3.05, 3.63) is 65.2 Å². The van der Waals surface area contributed by atoms with Crippen molar-refractivity contribution in [2.24, 2.45) is 5.92 Å². The summed E-state index contributed by atoms with van der Waals surface area (Å²) < 4.78 is 0. The van der Waals surface area contributed by atoms with E-state index in [0.717, 1.165) is 37.5 Å². The lowest BCUT2D eigenvalue weighted by molar-refractivity contribution is -0.108. The summed E-state index contributed by atoms with van der Waals surface area (Å²) in [6.07, 6.45) is 5.14. The van der Waals surface area contributed by atoms with Crippen LogP contribution in [-0.2, 0) is 4.79 Å². The number of hydroxylamine groups is 1. The third-order valence-corrected chi connectivity index (χ3v) is 5.41. The van der Waals surface area contributed by atoms with E-state index in [2.05, 4.69) is 47.2 Å². The van der Waals surface area contributed by atoms with E-state index in [1.165, 1.54) is 29.5 Å².